The molecule has 184 valence electrons. The highest BCUT2D eigenvalue weighted by molar-refractivity contribution is 6.11. The number of furan rings is 1. The monoisotopic (exact) mass is 481 g/mol. The second-order valence-electron chi connectivity index (χ2n) is 7.83. The zero-order chi connectivity index (χ0) is 25.7. The van der Waals surface area contributed by atoms with Crippen molar-refractivity contribution in [2.24, 2.45) is 0 Å². The van der Waals surface area contributed by atoms with E-state index in [1.807, 2.05) is 30.3 Å². The van der Waals surface area contributed by atoms with Crippen LogP contribution >= 0.6 is 0 Å². The molecule has 0 saturated carbocycles. The maximum absolute atomic E-state index is 12.7. The Hall–Kier alpha value is -4.21. The average molecular weight is 482 g/mol. The highest BCUT2D eigenvalue weighted by Gasteiger charge is 2.29. The maximum atomic E-state index is 12.7. The molecule has 0 fully saturated rings. The molecule has 3 aromatic rings. The number of aromatic nitrogens is 2. The van der Waals surface area contributed by atoms with Gasteiger partial charge in [-0.25, -0.2) is 9.59 Å². The molecule has 0 aliphatic carbocycles. The van der Waals surface area contributed by atoms with Gasteiger partial charge in [0.2, 0.25) is 5.88 Å². The summed E-state index contributed by atoms with van der Waals surface area (Å²) in [7, 11) is 0. The van der Waals surface area contributed by atoms with Crippen molar-refractivity contribution < 1.29 is 33.1 Å². The molecular weight excluding hydrogens is 454 g/mol. The van der Waals surface area contributed by atoms with Gasteiger partial charge in [-0.2, -0.15) is 5.10 Å². The van der Waals surface area contributed by atoms with Crippen LogP contribution in [0.15, 0.2) is 34.7 Å². The molecule has 10 nitrogen and oxygen atoms in total. The number of nitrogens with one attached hydrogen (secondary N) is 1. The number of benzene rings is 1. The number of ether oxygens (including phenoxy) is 2. The van der Waals surface area contributed by atoms with Gasteiger partial charge in [0.1, 0.15) is 16.9 Å². The summed E-state index contributed by atoms with van der Waals surface area (Å²) in [5, 5.41) is 6.80. The van der Waals surface area contributed by atoms with Crippen molar-refractivity contribution in [2.45, 2.75) is 41.2 Å². The second-order valence-corrected chi connectivity index (χ2v) is 7.83. The first-order valence-electron chi connectivity index (χ1n) is 11.0. The summed E-state index contributed by atoms with van der Waals surface area (Å²) >= 11 is 0. The molecule has 1 N–H and O–H groups in total. The fraction of sp³-hybridized carbons (Fsp3) is 0.320. The van der Waals surface area contributed by atoms with Crippen LogP contribution in [0.1, 0.15) is 67.6 Å². The minimum absolute atomic E-state index is 0.0211. The van der Waals surface area contributed by atoms with Gasteiger partial charge in [-0.3, -0.25) is 19.6 Å². The van der Waals surface area contributed by atoms with Crippen molar-refractivity contribution in [3.8, 4) is 0 Å². The summed E-state index contributed by atoms with van der Waals surface area (Å²) in [6, 6.07) is 9.66. The van der Waals surface area contributed by atoms with Gasteiger partial charge in [0, 0.05) is 0 Å². The van der Waals surface area contributed by atoms with Gasteiger partial charge >= 0.3 is 11.9 Å². The smallest absolute Gasteiger partial charge is 0.344 e. The van der Waals surface area contributed by atoms with E-state index in [0.29, 0.717) is 17.9 Å². The molecule has 10 heteroatoms. The molecule has 2 aromatic heterocycles. The molecule has 3 rings (SSSR count). The molecule has 0 spiro atoms. The van der Waals surface area contributed by atoms with Crippen molar-refractivity contribution in [3.05, 3.63) is 69.7 Å². The van der Waals surface area contributed by atoms with Gasteiger partial charge in [-0.1, -0.05) is 30.3 Å². The lowest BCUT2D eigenvalue weighted by Crippen LogP contribution is -2.22. The average Bonchev–Trinajstić information content (AvgIpc) is 3.27. The van der Waals surface area contributed by atoms with E-state index < -0.39 is 30.2 Å². The number of carbonyl (C=O) groups is 4. The SMILES string of the molecule is CCOC(=O)c1c(NC(=O)COC(=O)c2c(C)nn(Cc3ccccc3)c2C)oc(C)c1C(C)=O. The Morgan fingerprint density at radius 3 is 2.26 bits per heavy atom. The fourth-order valence-corrected chi connectivity index (χ4v) is 3.72. The Balaban J connectivity index is 1.71. The Morgan fingerprint density at radius 1 is 0.971 bits per heavy atom. The lowest BCUT2D eigenvalue weighted by Gasteiger charge is -2.08. The van der Waals surface area contributed by atoms with E-state index in [1.165, 1.54) is 13.8 Å². The molecule has 1 aromatic carbocycles. The zero-order valence-electron chi connectivity index (χ0n) is 20.3. The molecule has 0 unspecified atom stereocenters. The van der Waals surface area contributed by atoms with Crippen LogP contribution in [0.2, 0.25) is 0 Å². The van der Waals surface area contributed by atoms with Gasteiger partial charge in [0.05, 0.1) is 30.1 Å². The third-order valence-corrected chi connectivity index (χ3v) is 5.26. The van der Waals surface area contributed by atoms with E-state index in [-0.39, 0.29) is 34.9 Å². The van der Waals surface area contributed by atoms with Crippen LogP contribution < -0.4 is 5.32 Å². The first-order valence-corrected chi connectivity index (χ1v) is 11.0. The van der Waals surface area contributed by atoms with E-state index in [2.05, 4.69) is 10.4 Å². The topological polar surface area (TPSA) is 130 Å². The van der Waals surface area contributed by atoms with E-state index in [4.69, 9.17) is 13.9 Å². The van der Waals surface area contributed by atoms with Gasteiger partial charge in [-0.15, -0.1) is 0 Å². The minimum atomic E-state index is -0.807. The summed E-state index contributed by atoms with van der Waals surface area (Å²) in [6.45, 7) is 7.73. The van der Waals surface area contributed by atoms with Crippen LogP contribution in [0, 0.1) is 20.8 Å². The molecule has 0 aliphatic rings. The van der Waals surface area contributed by atoms with Crippen LogP contribution in [-0.2, 0) is 20.8 Å². The second kappa shape index (κ2) is 10.8. The number of carbonyl (C=O) groups excluding carboxylic acids is 4. The van der Waals surface area contributed by atoms with Gasteiger partial charge in [-0.05, 0) is 40.2 Å². The number of aryl methyl sites for hydroxylation is 2. The van der Waals surface area contributed by atoms with Crippen LogP contribution in [-0.4, -0.2) is 46.6 Å². The number of rotatable bonds is 9. The normalized spacial score (nSPS) is 10.7. The number of amides is 1. The lowest BCUT2D eigenvalue weighted by atomic mass is 10.1. The summed E-state index contributed by atoms with van der Waals surface area (Å²) in [5.41, 5.74) is 2.22. The Labute approximate surface area is 202 Å². The maximum Gasteiger partial charge on any atom is 0.344 e. The highest BCUT2D eigenvalue weighted by Crippen LogP contribution is 2.28. The zero-order valence-corrected chi connectivity index (χ0v) is 20.3. The summed E-state index contributed by atoms with van der Waals surface area (Å²) in [4.78, 5) is 49.6. The molecule has 0 saturated heterocycles. The van der Waals surface area contributed by atoms with Crippen molar-refractivity contribution >= 4 is 29.5 Å². The molecule has 0 atom stereocenters. The number of Topliss-reactive ketones (excluding diaryl/α,β-unsaturated/α-hetero) is 1. The van der Waals surface area contributed by atoms with Crippen molar-refractivity contribution in [1.29, 1.82) is 0 Å². The molecule has 0 aliphatic heterocycles. The van der Waals surface area contributed by atoms with Crippen molar-refractivity contribution in [3.63, 3.8) is 0 Å². The number of ketones is 1. The highest BCUT2D eigenvalue weighted by atomic mass is 16.5. The fourth-order valence-electron chi connectivity index (χ4n) is 3.72. The van der Waals surface area contributed by atoms with E-state index in [1.54, 1.807) is 25.5 Å². The van der Waals surface area contributed by atoms with Gasteiger partial charge in [0.15, 0.2) is 12.4 Å². The summed E-state index contributed by atoms with van der Waals surface area (Å²) < 4.78 is 17.3. The molecule has 2 heterocycles. The predicted molar refractivity (Wildman–Crippen MR) is 126 cm³/mol. The predicted octanol–water partition coefficient (Wildman–Crippen LogP) is 3.62. The number of esters is 2. The molecule has 0 bridgehead atoms. The van der Waals surface area contributed by atoms with Crippen LogP contribution in [0.25, 0.3) is 0 Å². The van der Waals surface area contributed by atoms with E-state index in [9.17, 15) is 19.2 Å². The first kappa shape index (κ1) is 25.4. The minimum Gasteiger partial charge on any atom is -0.462 e. The number of hydrogen-bond acceptors (Lipinski definition) is 8. The largest absolute Gasteiger partial charge is 0.462 e. The molecular formula is C25H27N3O7. The lowest BCUT2D eigenvalue weighted by molar-refractivity contribution is -0.119. The third-order valence-electron chi connectivity index (χ3n) is 5.26. The van der Waals surface area contributed by atoms with Crippen LogP contribution in [0.4, 0.5) is 5.88 Å². The molecule has 35 heavy (non-hydrogen) atoms. The number of nitrogens with zero attached hydrogens (tertiary/aromatic N) is 2. The van der Waals surface area contributed by atoms with Crippen molar-refractivity contribution in [2.75, 3.05) is 18.5 Å². The quantitative estimate of drug-likeness (QED) is 0.362. The third kappa shape index (κ3) is 5.65. The molecule has 1 amide bonds. The first-order chi connectivity index (χ1) is 16.6. The molecule has 0 radical (unpaired) electrons. The van der Waals surface area contributed by atoms with E-state index in [0.717, 1.165) is 5.56 Å². The van der Waals surface area contributed by atoms with E-state index >= 15 is 0 Å². The number of anilines is 1. The van der Waals surface area contributed by atoms with Crippen LogP contribution in [0.3, 0.4) is 0 Å². The van der Waals surface area contributed by atoms with Crippen LogP contribution in [0.5, 0.6) is 0 Å². The Kier molecular flexibility index (Phi) is 7.85. The van der Waals surface area contributed by atoms with Gasteiger partial charge in [0.25, 0.3) is 5.91 Å². The standard InChI is InChI=1S/C25H27N3O7/c1-6-33-25(32)22-21(16(4)29)17(5)35-23(22)26-19(30)13-34-24(31)20-14(2)27-28(15(20)3)12-18-10-8-7-9-11-18/h7-11H,6,12-13H2,1-5H3,(H,26,30). The summed E-state index contributed by atoms with van der Waals surface area (Å²) in [5.74, 6) is -2.77. The number of hydrogen-bond donors (Lipinski definition) is 1. The Morgan fingerprint density at radius 2 is 1.63 bits per heavy atom. The van der Waals surface area contributed by atoms with Crippen molar-refractivity contribution in [1.82, 2.24) is 9.78 Å². The summed E-state index contributed by atoms with van der Waals surface area (Å²) in [6.07, 6.45) is 0. The van der Waals surface area contributed by atoms with Gasteiger partial charge < -0.3 is 13.9 Å². The Bertz CT molecular complexity index is 1270.